The fraction of sp³-hybridized carbons (Fsp3) is 0.462. The summed E-state index contributed by atoms with van der Waals surface area (Å²) in [4.78, 5) is 11.8. The molecule has 0 aliphatic carbocycles. The second kappa shape index (κ2) is 5.39. The zero-order chi connectivity index (χ0) is 11.4. The number of benzene rings is 1. The van der Waals surface area contributed by atoms with E-state index in [0.717, 1.165) is 12.0 Å². The van der Waals surface area contributed by atoms with Crippen molar-refractivity contribution in [3.63, 3.8) is 0 Å². The smallest absolute Gasteiger partial charge is 0.238 e. The predicted molar refractivity (Wildman–Crippen MR) is 68.2 cm³/mol. The van der Waals surface area contributed by atoms with Crippen molar-refractivity contribution in [3.05, 3.63) is 35.9 Å². The van der Waals surface area contributed by atoms with Gasteiger partial charge in [-0.2, -0.15) is 0 Å². The first kappa shape index (κ1) is 11.5. The lowest BCUT2D eigenvalue weighted by molar-refractivity contribution is -0.120. The molecule has 2 nitrogen and oxygen atoms in total. The van der Waals surface area contributed by atoms with Crippen molar-refractivity contribution in [2.45, 2.75) is 36.8 Å². The molecule has 1 aliphatic heterocycles. The molecule has 86 valence electrons. The molecule has 1 heterocycles. The molecule has 1 fully saturated rings. The topological polar surface area (TPSA) is 29.1 Å². The molecule has 0 saturated carbocycles. The number of amides is 1. The van der Waals surface area contributed by atoms with E-state index in [1.807, 2.05) is 30.3 Å². The molecule has 1 saturated heterocycles. The van der Waals surface area contributed by atoms with Crippen LogP contribution < -0.4 is 5.32 Å². The predicted octanol–water partition coefficient (Wildman–Crippen LogP) is 3.11. The largest absolute Gasteiger partial charge is 0.343 e. The van der Waals surface area contributed by atoms with Crippen molar-refractivity contribution >= 4 is 17.7 Å². The van der Waals surface area contributed by atoms with E-state index in [-0.39, 0.29) is 11.2 Å². The first-order valence-electron chi connectivity index (χ1n) is 5.82. The third kappa shape index (κ3) is 2.59. The molecule has 2 unspecified atom stereocenters. The van der Waals surface area contributed by atoms with Gasteiger partial charge in [0.05, 0.1) is 5.37 Å². The molecule has 0 bridgehead atoms. The normalized spacial score (nSPS) is 24.4. The lowest BCUT2D eigenvalue weighted by atomic mass is 10.1. The highest BCUT2D eigenvalue weighted by Gasteiger charge is 2.32. The maximum absolute atomic E-state index is 11.8. The highest BCUT2D eigenvalue weighted by molar-refractivity contribution is 8.01. The van der Waals surface area contributed by atoms with Crippen LogP contribution in [0.25, 0.3) is 0 Å². The van der Waals surface area contributed by atoms with Crippen molar-refractivity contribution in [2.75, 3.05) is 0 Å². The lowest BCUT2D eigenvalue weighted by Gasteiger charge is -2.08. The standard InChI is InChI=1S/C13H17NOS/c1-2-3-9-11-14-13(15)12(16-11)10-7-5-4-6-8-10/h4-8,11-12H,2-3,9H2,1H3,(H,14,15). The molecule has 2 atom stereocenters. The number of carbonyl (C=O) groups is 1. The van der Waals surface area contributed by atoms with E-state index in [1.165, 1.54) is 12.8 Å². The first-order valence-corrected chi connectivity index (χ1v) is 6.76. The summed E-state index contributed by atoms with van der Waals surface area (Å²) in [6.45, 7) is 2.18. The Labute approximate surface area is 101 Å². The van der Waals surface area contributed by atoms with Gasteiger partial charge in [0.15, 0.2) is 0 Å². The van der Waals surface area contributed by atoms with Crippen LogP contribution in [0.5, 0.6) is 0 Å². The Morgan fingerprint density at radius 1 is 1.31 bits per heavy atom. The summed E-state index contributed by atoms with van der Waals surface area (Å²) < 4.78 is 0. The number of hydrogen-bond acceptors (Lipinski definition) is 2. The Morgan fingerprint density at radius 3 is 2.75 bits per heavy atom. The SMILES string of the molecule is CCCCC1NC(=O)C(c2ccccc2)S1. The van der Waals surface area contributed by atoms with E-state index in [1.54, 1.807) is 11.8 Å². The van der Waals surface area contributed by atoms with E-state index in [4.69, 9.17) is 0 Å². The Hall–Kier alpha value is -0.960. The summed E-state index contributed by atoms with van der Waals surface area (Å²) in [5.74, 6) is 0.164. The van der Waals surface area contributed by atoms with Gasteiger partial charge in [-0.3, -0.25) is 4.79 Å². The third-order valence-electron chi connectivity index (χ3n) is 2.76. The van der Waals surface area contributed by atoms with Gasteiger partial charge in [0.1, 0.15) is 5.25 Å². The zero-order valence-electron chi connectivity index (χ0n) is 9.48. The zero-order valence-corrected chi connectivity index (χ0v) is 10.3. The van der Waals surface area contributed by atoms with Crippen LogP contribution in [-0.2, 0) is 4.79 Å². The van der Waals surface area contributed by atoms with Crippen LogP contribution in [0.2, 0.25) is 0 Å². The number of rotatable bonds is 4. The van der Waals surface area contributed by atoms with E-state index < -0.39 is 0 Å². The molecule has 0 radical (unpaired) electrons. The van der Waals surface area contributed by atoms with Crippen molar-refractivity contribution in [3.8, 4) is 0 Å². The second-order valence-corrected chi connectivity index (χ2v) is 5.38. The molecular weight excluding hydrogens is 218 g/mol. The fourth-order valence-corrected chi connectivity index (χ4v) is 3.20. The average molecular weight is 235 g/mol. The van der Waals surface area contributed by atoms with Crippen LogP contribution in [0.1, 0.15) is 37.0 Å². The van der Waals surface area contributed by atoms with Gasteiger partial charge in [-0.1, -0.05) is 50.1 Å². The maximum atomic E-state index is 11.8. The molecule has 1 amide bonds. The second-order valence-electron chi connectivity index (χ2n) is 4.07. The van der Waals surface area contributed by atoms with Crippen molar-refractivity contribution in [1.29, 1.82) is 0 Å². The van der Waals surface area contributed by atoms with Crippen LogP contribution in [0.4, 0.5) is 0 Å². The summed E-state index contributed by atoms with van der Waals surface area (Å²) >= 11 is 1.75. The Kier molecular flexibility index (Phi) is 3.88. The molecule has 0 aromatic heterocycles. The Morgan fingerprint density at radius 2 is 2.06 bits per heavy atom. The van der Waals surface area contributed by atoms with Gasteiger partial charge >= 0.3 is 0 Å². The van der Waals surface area contributed by atoms with Gasteiger partial charge in [0.25, 0.3) is 0 Å². The van der Waals surface area contributed by atoms with E-state index in [9.17, 15) is 4.79 Å². The molecule has 1 N–H and O–H groups in total. The Balaban J connectivity index is 2.00. The first-order chi connectivity index (χ1) is 7.81. The van der Waals surface area contributed by atoms with Crippen molar-refractivity contribution in [2.24, 2.45) is 0 Å². The Bertz CT molecular complexity index is 352. The van der Waals surface area contributed by atoms with Gasteiger partial charge < -0.3 is 5.32 Å². The molecule has 1 aromatic rings. The fourth-order valence-electron chi connectivity index (χ4n) is 1.88. The molecular formula is C13H17NOS. The van der Waals surface area contributed by atoms with Crippen LogP contribution >= 0.6 is 11.8 Å². The molecule has 3 heteroatoms. The summed E-state index contributed by atoms with van der Waals surface area (Å²) in [5.41, 5.74) is 1.11. The van der Waals surface area contributed by atoms with Gasteiger partial charge in [0.2, 0.25) is 5.91 Å². The number of thioether (sulfide) groups is 1. The van der Waals surface area contributed by atoms with Crippen LogP contribution in [0.3, 0.4) is 0 Å². The number of unbranched alkanes of at least 4 members (excludes halogenated alkanes) is 1. The van der Waals surface area contributed by atoms with Crippen molar-refractivity contribution in [1.82, 2.24) is 5.32 Å². The van der Waals surface area contributed by atoms with Crippen LogP contribution in [0.15, 0.2) is 30.3 Å². The highest BCUT2D eigenvalue weighted by Crippen LogP contribution is 2.38. The lowest BCUT2D eigenvalue weighted by Crippen LogP contribution is -2.25. The monoisotopic (exact) mass is 235 g/mol. The molecule has 0 spiro atoms. The molecule has 1 aromatic carbocycles. The van der Waals surface area contributed by atoms with E-state index in [2.05, 4.69) is 12.2 Å². The summed E-state index contributed by atoms with van der Waals surface area (Å²) in [6.07, 6.45) is 3.44. The van der Waals surface area contributed by atoms with Crippen LogP contribution in [0, 0.1) is 0 Å². The minimum Gasteiger partial charge on any atom is -0.343 e. The maximum Gasteiger partial charge on any atom is 0.238 e. The number of nitrogens with one attached hydrogen (secondary N) is 1. The quantitative estimate of drug-likeness (QED) is 0.868. The minimum atomic E-state index is -0.0111. The van der Waals surface area contributed by atoms with Crippen LogP contribution in [-0.4, -0.2) is 11.3 Å². The van der Waals surface area contributed by atoms with Gasteiger partial charge in [0, 0.05) is 0 Å². The average Bonchev–Trinajstić information content (AvgIpc) is 2.69. The summed E-state index contributed by atoms with van der Waals surface area (Å²) in [5, 5.41) is 3.35. The summed E-state index contributed by atoms with van der Waals surface area (Å²) in [6, 6.07) is 10.0. The molecule has 16 heavy (non-hydrogen) atoms. The number of hydrogen-bond donors (Lipinski definition) is 1. The highest BCUT2D eigenvalue weighted by atomic mass is 32.2. The van der Waals surface area contributed by atoms with E-state index >= 15 is 0 Å². The number of carbonyl (C=O) groups excluding carboxylic acids is 1. The minimum absolute atomic E-state index is 0.0111. The van der Waals surface area contributed by atoms with Gasteiger partial charge in [-0.05, 0) is 12.0 Å². The van der Waals surface area contributed by atoms with Crippen molar-refractivity contribution < 1.29 is 4.79 Å². The van der Waals surface area contributed by atoms with E-state index in [0.29, 0.717) is 5.37 Å². The van der Waals surface area contributed by atoms with Gasteiger partial charge in [-0.25, -0.2) is 0 Å². The molecule has 2 rings (SSSR count). The van der Waals surface area contributed by atoms with Gasteiger partial charge in [-0.15, -0.1) is 11.8 Å². The molecule has 1 aliphatic rings. The summed E-state index contributed by atoms with van der Waals surface area (Å²) in [7, 11) is 0. The third-order valence-corrected chi connectivity index (χ3v) is 4.20.